The minimum Gasteiger partial charge on any atom is -0.485 e. The van der Waals surface area contributed by atoms with E-state index in [0.717, 1.165) is 12.1 Å². The molecule has 108 valence electrons. The van der Waals surface area contributed by atoms with Crippen LogP contribution in [0.25, 0.3) is 0 Å². The SMILES string of the molecule is O=C(COc1ccc(F)c(F)c1)c1ccc([N+](=O)[O-])cc1. The van der Waals surface area contributed by atoms with Gasteiger partial charge in [-0.15, -0.1) is 0 Å². The maximum Gasteiger partial charge on any atom is 0.269 e. The lowest BCUT2D eigenvalue weighted by molar-refractivity contribution is -0.384. The molecule has 0 aliphatic rings. The highest BCUT2D eigenvalue weighted by atomic mass is 19.2. The number of rotatable bonds is 5. The number of ether oxygens (including phenoxy) is 1. The number of Topliss-reactive ketones (excluding diaryl/α,β-unsaturated/α-hetero) is 1. The van der Waals surface area contributed by atoms with E-state index in [1.54, 1.807) is 0 Å². The van der Waals surface area contributed by atoms with Crippen molar-refractivity contribution in [2.24, 2.45) is 0 Å². The zero-order valence-electron chi connectivity index (χ0n) is 10.6. The number of ketones is 1. The molecule has 0 saturated carbocycles. The number of nitro groups is 1. The van der Waals surface area contributed by atoms with Gasteiger partial charge in [0.05, 0.1) is 4.92 Å². The first-order valence-electron chi connectivity index (χ1n) is 5.83. The zero-order chi connectivity index (χ0) is 15.4. The van der Waals surface area contributed by atoms with Crippen molar-refractivity contribution in [3.63, 3.8) is 0 Å². The largest absolute Gasteiger partial charge is 0.485 e. The molecule has 0 bridgehead atoms. The van der Waals surface area contributed by atoms with Crippen LogP contribution >= 0.6 is 0 Å². The Kier molecular flexibility index (Phi) is 4.22. The number of benzene rings is 2. The average molecular weight is 293 g/mol. The maximum absolute atomic E-state index is 12.9. The summed E-state index contributed by atoms with van der Waals surface area (Å²) in [5.41, 5.74) is 0.0938. The smallest absolute Gasteiger partial charge is 0.269 e. The van der Waals surface area contributed by atoms with Crippen molar-refractivity contribution in [1.82, 2.24) is 0 Å². The molecular formula is C14H9F2NO4. The lowest BCUT2D eigenvalue weighted by Gasteiger charge is -2.05. The molecule has 0 spiro atoms. The van der Waals surface area contributed by atoms with Crippen molar-refractivity contribution in [2.45, 2.75) is 0 Å². The van der Waals surface area contributed by atoms with Crippen molar-refractivity contribution in [1.29, 1.82) is 0 Å². The van der Waals surface area contributed by atoms with E-state index in [0.29, 0.717) is 0 Å². The standard InChI is InChI=1S/C14H9F2NO4/c15-12-6-5-11(7-13(12)16)21-8-14(18)9-1-3-10(4-2-9)17(19)20/h1-7H,8H2. The third-order valence-corrected chi connectivity index (χ3v) is 2.66. The van der Waals surface area contributed by atoms with E-state index in [1.807, 2.05) is 0 Å². The molecule has 0 aliphatic carbocycles. The fourth-order valence-corrected chi connectivity index (χ4v) is 1.57. The second-order valence-corrected chi connectivity index (χ2v) is 4.09. The number of hydrogen-bond donors (Lipinski definition) is 0. The van der Waals surface area contributed by atoms with E-state index < -0.39 is 22.3 Å². The van der Waals surface area contributed by atoms with E-state index in [4.69, 9.17) is 4.74 Å². The molecule has 2 aromatic rings. The van der Waals surface area contributed by atoms with Gasteiger partial charge in [-0.05, 0) is 24.3 Å². The average Bonchev–Trinajstić information content (AvgIpc) is 2.48. The molecule has 0 amide bonds. The molecule has 0 N–H and O–H groups in total. The summed E-state index contributed by atoms with van der Waals surface area (Å²) in [5, 5.41) is 10.5. The highest BCUT2D eigenvalue weighted by Crippen LogP contribution is 2.16. The van der Waals surface area contributed by atoms with Gasteiger partial charge >= 0.3 is 0 Å². The number of non-ortho nitro benzene ring substituents is 1. The molecule has 0 heterocycles. The Labute approximate surface area is 117 Å². The minimum atomic E-state index is -1.07. The van der Waals surface area contributed by atoms with Crippen molar-refractivity contribution in [3.8, 4) is 5.75 Å². The normalized spacial score (nSPS) is 10.2. The van der Waals surface area contributed by atoms with Crippen LogP contribution in [0, 0.1) is 21.7 Å². The summed E-state index contributed by atoms with van der Waals surface area (Å²) in [6.07, 6.45) is 0. The van der Waals surface area contributed by atoms with Crippen LogP contribution in [-0.4, -0.2) is 17.3 Å². The molecule has 0 saturated heterocycles. The second-order valence-electron chi connectivity index (χ2n) is 4.09. The minimum absolute atomic E-state index is 0.0177. The van der Waals surface area contributed by atoms with Crippen molar-refractivity contribution < 1.29 is 23.2 Å². The molecule has 5 nitrogen and oxygen atoms in total. The molecule has 0 unspecified atom stereocenters. The second kappa shape index (κ2) is 6.08. The van der Waals surface area contributed by atoms with Crippen molar-refractivity contribution in [2.75, 3.05) is 6.61 Å². The van der Waals surface area contributed by atoms with Crippen LogP contribution in [0.2, 0.25) is 0 Å². The lowest BCUT2D eigenvalue weighted by Crippen LogP contribution is -2.11. The van der Waals surface area contributed by atoms with Gasteiger partial charge in [0, 0.05) is 23.8 Å². The first kappa shape index (κ1) is 14.6. The number of nitrogens with zero attached hydrogens (tertiary/aromatic N) is 1. The third-order valence-electron chi connectivity index (χ3n) is 2.66. The van der Waals surface area contributed by atoms with Crippen LogP contribution < -0.4 is 4.74 Å². The van der Waals surface area contributed by atoms with Gasteiger partial charge in [0.2, 0.25) is 0 Å². The quantitative estimate of drug-likeness (QED) is 0.482. The Balaban J connectivity index is 2.01. The summed E-state index contributed by atoms with van der Waals surface area (Å²) in [6, 6.07) is 7.92. The highest BCUT2D eigenvalue weighted by Gasteiger charge is 2.11. The number of carbonyl (C=O) groups excluding carboxylic acids is 1. The fraction of sp³-hybridized carbons (Fsp3) is 0.0714. The molecule has 0 fully saturated rings. The fourth-order valence-electron chi connectivity index (χ4n) is 1.57. The number of carbonyl (C=O) groups is 1. The van der Waals surface area contributed by atoms with Gasteiger partial charge < -0.3 is 4.74 Å². The Morgan fingerprint density at radius 2 is 1.76 bits per heavy atom. The van der Waals surface area contributed by atoms with E-state index in [1.165, 1.54) is 30.3 Å². The molecule has 2 rings (SSSR count). The molecule has 0 aliphatic heterocycles. The first-order chi connectivity index (χ1) is 9.97. The Morgan fingerprint density at radius 1 is 1.10 bits per heavy atom. The number of halogens is 2. The molecule has 0 atom stereocenters. The van der Waals surface area contributed by atoms with Gasteiger partial charge in [-0.2, -0.15) is 0 Å². The van der Waals surface area contributed by atoms with Crippen molar-refractivity contribution in [3.05, 3.63) is 69.8 Å². The Morgan fingerprint density at radius 3 is 2.33 bits per heavy atom. The molecule has 21 heavy (non-hydrogen) atoms. The third kappa shape index (κ3) is 3.59. The summed E-state index contributed by atoms with van der Waals surface area (Å²) in [7, 11) is 0. The van der Waals surface area contributed by atoms with Gasteiger partial charge in [-0.3, -0.25) is 14.9 Å². The molecule has 2 aromatic carbocycles. The van der Waals surface area contributed by atoms with Crippen LogP contribution in [0.5, 0.6) is 5.75 Å². The summed E-state index contributed by atoms with van der Waals surface area (Å²) in [4.78, 5) is 21.7. The summed E-state index contributed by atoms with van der Waals surface area (Å²) in [6.45, 7) is -0.386. The zero-order valence-corrected chi connectivity index (χ0v) is 10.6. The van der Waals surface area contributed by atoms with Gasteiger partial charge in [0.15, 0.2) is 24.0 Å². The molecule has 0 aromatic heterocycles. The van der Waals surface area contributed by atoms with Gasteiger partial charge in [-0.25, -0.2) is 8.78 Å². The number of nitro benzene ring substituents is 1. The van der Waals surface area contributed by atoms with Crippen LogP contribution in [0.3, 0.4) is 0 Å². The van der Waals surface area contributed by atoms with Crippen LogP contribution in [0.15, 0.2) is 42.5 Å². The molecular weight excluding hydrogens is 284 g/mol. The monoisotopic (exact) mass is 293 g/mol. The van der Waals surface area contributed by atoms with E-state index in [9.17, 15) is 23.7 Å². The van der Waals surface area contributed by atoms with E-state index >= 15 is 0 Å². The summed E-state index contributed by atoms with van der Waals surface area (Å²) >= 11 is 0. The Hall–Kier alpha value is -2.83. The topological polar surface area (TPSA) is 69.4 Å². The van der Waals surface area contributed by atoms with Gasteiger partial charge in [-0.1, -0.05) is 0 Å². The van der Waals surface area contributed by atoms with Gasteiger partial charge in [0.25, 0.3) is 5.69 Å². The number of hydrogen-bond acceptors (Lipinski definition) is 4. The lowest BCUT2D eigenvalue weighted by atomic mass is 10.1. The van der Waals surface area contributed by atoms with Crippen LogP contribution in [0.1, 0.15) is 10.4 Å². The summed E-state index contributed by atoms with van der Waals surface area (Å²) < 4.78 is 30.7. The predicted octanol–water partition coefficient (Wildman–Crippen LogP) is 3.13. The van der Waals surface area contributed by atoms with Gasteiger partial charge in [0.1, 0.15) is 5.75 Å². The van der Waals surface area contributed by atoms with Crippen molar-refractivity contribution >= 4 is 11.5 Å². The van der Waals surface area contributed by atoms with E-state index in [-0.39, 0.29) is 23.6 Å². The molecule has 7 heteroatoms. The molecule has 0 radical (unpaired) electrons. The summed E-state index contributed by atoms with van der Waals surface area (Å²) in [5.74, 6) is -2.50. The van der Waals surface area contributed by atoms with Crippen LogP contribution in [-0.2, 0) is 0 Å². The first-order valence-corrected chi connectivity index (χ1v) is 5.83. The maximum atomic E-state index is 12.9. The van der Waals surface area contributed by atoms with Crippen LogP contribution in [0.4, 0.5) is 14.5 Å². The Bertz CT molecular complexity index is 686. The predicted molar refractivity (Wildman–Crippen MR) is 69.3 cm³/mol. The highest BCUT2D eigenvalue weighted by molar-refractivity contribution is 5.97. The van der Waals surface area contributed by atoms with E-state index in [2.05, 4.69) is 0 Å².